The highest BCUT2D eigenvalue weighted by Crippen LogP contribution is 2.41. The van der Waals surface area contributed by atoms with E-state index >= 15 is 0 Å². The summed E-state index contributed by atoms with van der Waals surface area (Å²) in [7, 11) is 0. The molecule has 7 aromatic rings. The van der Waals surface area contributed by atoms with Crippen LogP contribution in [0.2, 0.25) is 0 Å². The summed E-state index contributed by atoms with van der Waals surface area (Å²) in [4.78, 5) is 0. The van der Waals surface area contributed by atoms with E-state index in [1.807, 2.05) is 0 Å². The molecule has 1 heterocycles. The lowest BCUT2D eigenvalue weighted by Gasteiger charge is -2.18. The van der Waals surface area contributed by atoms with Crippen LogP contribution in [0.15, 0.2) is 108 Å². The summed E-state index contributed by atoms with van der Waals surface area (Å²) in [6.07, 6.45) is 0. The second-order valence-electron chi connectivity index (χ2n) is 10.6. The van der Waals surface area contributed by atoms with Gasteiger partial charge < -0.3 is 4.42 Å². The highest BCUT2D eigenvalue weighted by atomic mass is 16.3. The summed E-state index contributed by atoms with van der Waals surface area (Å²) in [5, 5.41) is 10.1. The van der Waals surface area contributed by atoms with Crippen molar-refractivity contribution in [3.8, 4) is 11.1 Å². The summed E-state index contributed by atoms with van der Waals surface area (Å²) >= 11 is 0. The molecule has 0 bridgehead atoms. The first-order valence-corrected chi connectivity index (χ1v) is 12.3. The monoisotopic (exact) mass is 450 g/mol. The Kier molecular flexibility index (Phi) is 4.17. The molecule has 168 valence electrons. The van der Waals surface area contributed by atoms with E-state index in [0.717, 1.165) is 11.2 Å². The maximum absolute atomic E-state index is 6.37. The number of benzene rings is 6. The van der Waals surface area contributed by atoms with Gasteiger partial charge in [0.2, 0.25) is 0 Å². The predicted octanol–water partition coefficient (Wildman–Crippen LogP) is 10.0. The minimum Gasteiger partial charge on any atom is -0.456 e. The molecular formula is C34H26O. The first-order valence-electron chi connectivity index (χ1n) is 12.3. The third-order valence-corrected chi connectivity index (χ3v) is 7.42. The van der Waals surface area contributed by atoms with Gasteiger partial charge in [-0.15, -0.1) is 0 Å². The molecule has 0 aliphatic heterocycles. The van der Waals surface area contributed by atoms with Crippen LogP contribution in [0.5, 0.6) is 0 Å². The molecule has 0 N–H and O–H groups in total. The lowest BCUT2D eigenvalue weighted by Crippen LogP contribution is -2.10. The van der Waals surface area contributed by atoms with Crippen molar-refractivity contribution in [1.29, 1.82) is 0 Å². The summed E-state index contributed by atoms with van der Waals surface area (Å²) in [6, 6.07) is 37.5. The van der Waals surface area contributed by atoms with Crippen molar-refractivity contribution >= 4 is 54.3 Å². The minimum atomic E-state index is 0.0815. The zero-order valence-corrected chi connectivity index (χ0v) is 20.2. The summed E-state index contributed by atoms with van der Waals surface area (Å²) < 4.78 is 6.37. The zero-order valence-electron chi connectivity index (χ0n) is 20.2. The normalized spacial score (nSPS) is 12.4. The van der Waals surface area contributed by atoms with Crippen molar-refractivity contribution in [3.63, 3.8) is 0 Å². The van der Waals surface area contributed by atoms with Gasteiger partial charge in [-0.3, -0.25) is 0 Å². The van der Waals surface area contributed by atoms with Gasteiger partial charge in [0.1, 0.15) is 11.2 Å². The summed E-state index contributed by atoms with van der Waals surface area (Å²) in [5.41, 5.74) is 5.69. The van der Waals surface area contributed by atoms with Crippen LogP contribution >= 0.6 is 0 Å². The zero-order chi connectivity index (χ0) is 23.7. The Labute approximate surface area is 204 Å². The molecule has 0 saturated carbocycles. The van der Waals surface area contributed by atoms with E-state index in [9.17, 15) is 0 Å². The van der Waals surface area contributed by atoms with Crippen molar-refractivity contribution in [1.82, 2.24) is 0 Å². The van der Waals surface area contributed by atoms with Crippen LogP contribution in [0.3, 0.4) is 0 Å². The van der Waals surface area contributed by atoms with Crippen LogP contribution in [0, 0.1) is 0 Å². The van der Waals surface area contributed by atoms with E-state index in [-0.39, 0.29) is 5.41 Å². The molecule has 0 amide bonds. The highest BCUT2D eigenvalue weighted by Gasteiger charge is 2.18. The quantitative estimate of drug-likeness (QED) is 0.227. The van der Waals surface area contributed by atoms with Crippen LogP contribution in [-0.2, 0) is 5.41 Å². The van der Waals surface area contributed by atoms with Gasteiger partial charge in [-0.1, -0.05) is 106 Å². The number of hydrogen-bond acceptors (Lipinski definition) is 1. The molecule has 0 radical (unpaired) electrons. The molecule has 0 atom stereocenters. The van der Waals surface area contributed by atoms with Crippen molar-refractivity contribution < 1.29 is 4.42 Å². The van der Waals surface area contributed by atoms with Crippen molar-refractivity contribution in [2.45, 2.75) is 26.2 Å². The average molecular weight is 451 g/mol. The predicted molar refractivity (Wildman–Crippen MR) is 150 cm³/mol. The van der Waals surface area contributed by atoms with Gasteiger partial charge >= 0.3 is 0 Å². The molecular weight excluding hydrogens is 424 g/mol. The van der Waals surface area contributed by atoms with E-state index < -0.39 is 0 Å². The Hall–Kier alpha value is -4.10. The van der Waals surface area contributed by atoms with Gasteiger partial charge in [0, 0.05) is 10.8 Å². The van der Waals surface area contributed by atoms with Crippen molar-refractivity contribution in [2.75, 3.05) is 0 Å². The molecule has 1 heteroatoms. The van der Waals surface area contributed by atoms with Crippen LogP contribution in [0.25, 0.3) is 65.4 Å². The molecule has 0 saturated heterocycles. The van der Waals surface area contributed by atoms with E-state index in [1.54, 1.807) is 0 Å². The topological polar surface area (TPSA) is 13.1 Å². The molecule has 0 unspecified atom stereocenters. The molecule has 0 aliphatic rings. The first-order chi connectivity index (χ1) is 17.0. The Balaban J connectivity index is 1.54. The highest BCUT2D eigenvalue weighted by molar-refractivity contribution is 6.26. The fraction of sp³-hybridized carbons (Fsp3) is 0.118. The van der Waals surface area contributed by atoms with Gasteiger partial charge in [-0.25, -0.2) is 0 Å². The van der Waals surface area contributed by atoms with E-state index in [4.69, 9.17) is 4.42 Å². The van der Waals surface area contributed by atoms with Crippen molar-refractivity contribution in [2.24, 2.45) is 0 Å². The Bertz CT molecular complexity index is 1890. The lowest BCUT2D eigenvalue weighted by atomic mass is 9.86. The Morgan fingerprint density at radius 1 is 0.486 bits per heavy atom. The molecule has 0 aliphatic carbocycles. The lowest BCUT2D eigenvalue weighted by molar-refractivity contribution is 0.587. The molecule has 1 nitrogen and oxygen atoms in total. The van der Waals surface area contributed by atoms with Crippen molar-refractivity contribution in [3.05, 3.63) is 109 Å². The standard InChI is InChI=1S/C34H26O/c1-34(2,3)22-16-18-29-32(20-22)35-31-14-8-13-23(33(29)31)21-15-17-28-26-11-5-4-9-24(26)25-10-6-7-12-27(25)30(28)19-21/h4-20H,1-3H3. The minimum absolute atomic E-state index is 0.0815. The number of fused-ring (bicyclic) bond motifs is 9. The van der Waals surface area contributed by atoms with Gasteiger partial charge in [0.15, 0.2) is 0 Å². The fourth-order valence-electron chi connectivity index (χ4n) is 5.61. The van der Waals surface area contributed by atoms with E-state index in [1.165, 1.54) is 59.8 Å². The van der Waals surface area contributed by atoms with Crippen LogP contribution < -0.4 is 0 Å². The molecule has 6 aromatic carbocycles. The summed E-state index contributed by atoms with van der Waals surface area (Å²) in [5.74, 6) is 0. The molecule has 7 rings (SSSR count). The maximum Gasteiger partial charge on any atom is 0.136 e. The second-order valence-corrected chi connectivity index (χ2v) is 10.6. The Morgan fingerprint density at radius 2 is 1.09 bits per heavy atom. The number of rotatable bonds is 1. The first kappa shape index (κ1) is 20.3. The van der Waals surface area contributed by atoms with Crippen LogP contribution in [-0.4, -0.2) is 0 Å². The Morgan fingerprint density at radius 3 is 1.74 bits per heavy atom. The fourth-order valence-corrected chi connectivity index (χ4v) is 5.61. The molecule has 35 heavy (non-hydrogen) atoms. The number of furan rings is 1. The number of hydrogen-bond donors (Lipinski definition) is 0. The SMILES string of the molecule is CC(C)(C)c1ccc2c(c1)oc1cccc(-c3ccc4c5ccccc5c5ccccc5c4c3)c12. The third kappa shape index (κ3) is 3.01. The van der Waals surface area contributed by atoms with Gasteiger partial charge in [-0.05, 0) is 72.6 Å². The van der Waals surface area contributed by atoms with Crippen LogP contribution in [0.1, 0.15) is 26.3 Å². The molecule has 0 fully saturated rings. The summed E-state index contributed by atoms with van der Waals surface area (Å²) in [6.45, 7) is 6.72. The smallest absolute Gasteiger partial charge is 0.136 e. The van der Waals surface area contributed by atoms with E-state index in [0.29, 0.717) is 0 Å². The third-order valence-electron chi connectivity index (χ3n) is 7.42. The van der Waals surface area contributed by atoms with Gasteiger partial charge in [0.05, 0.1) is 0 Å². The van der Waals surface area contributed by atoms with Gasteiger partial charge in [0.25, 0.3) is 0 Å². The van der Waals surface area contributed by atoms with Gasteiger partial charge in [-0.2, -0.15) is 0 Å². The maximum atomic E-state index is 6.37. The van der Waals surface area contributed by atoms with Crippen LogP contribution in [0.4, 0.5) is 0 Å². The largest absolute Gasteiger partial charge is 0.456 e. The van der Waals surface area contributed by atoms with E-state index in [2.05, 4.69) is 124 Å². The second kappa shape index (κ2) is 7.20. The molecule has 1 aromatic heterocycles. The molecule has 0 spiro atoms. The average Bonchev–Trinajstić information content (AvgIpc) is 3.26.